The molecule has 1 saturated heterocycles. The van der Waals surface area contributed by atoms with Gasteiger partial charge in [0.25, 0.3) is 0 Å². The Hall–Kier alpha value is -2.47. The van der Waals surface area contributed by atoms with E-state index in [-0.39, 0.29) is 11.8 Å². The van der Waals surface area contributed by atoms with Crippen molar-refractivity contribution in [1.82, 2.24) is 15.3 Å². The van der Waals surface area contributed by atoms with Gasteiger partial charge in [-0.2, -0.15) is 0 Å². The second kappa shape index (κ2) is 5.62. The summed E-state index contributed by atoms with van der Waals surface area (Å²) in [6, 6.07) is 8.38. The average Bonchev–Trinajstić information content (AvgIpc) is 2.90. The summed E-state index contributed by atoms with van der Waals surface area (Å²) < 4.78 is 0. The Kier molecular flexibility index (Phi) is 3.46. The predicted octanol–water partition coefficient (Wildman–Crippen LogP) is 1.61. The van der Waals surface area contributed by atoms with Crippen molar-refractivity contribution in [2.75, 3.05) is 36.4 Å². The number of nitrogens with zero attached hydrogens (tertiary/aromatic N) is 3. The maximum absolute atomic E-state index is 11.9. The fourth-order valence-corrected chi connectivity index (χ4v) is 3.26. The lowest BCUT2D eigenvalue weighted by atomic mass is 9.98. The van der Waals surface area contributed by atoms with Gasteiger partial charge in [0, 0.05) is 43.0 Å². The molecule has 3 heterocycles. The van der Waals surface area contributed by atoms with Crippen molar-refractivity contribution in [1.29, 1.82) is 0 Å². The van der Waals surface area contributed by atoms with Gasteiger partial charge in [-0.15, -0.1) is 0 Å². The van der Waals surface area contributed by atoms with E-state index in [2.05, 4.69) is 43.7 Å². The SMILES string of the molecule is CC1C(=O)Nc2ncnc(-c3cccc(N4CCNCC4)c3)c21. The summed E-state index contributed by atoms with van der Waals surface area (Å²) >= 11 is 0. The lowest BCUT2D eigenvalue weighted by molar-refractivity contribution is -0.116. The molecular weight excluding hydrogens is 290 g/mol. The van der Waals surface area contributed by atoms with Crippen molar-refractivity contribution in [3.8, 4) is 11.3 Å². The minimum Gasteiger partial charge on any atom is -0.369 e. The Balaban J connectivity index is 1.75. The Morgan fingerprint density at radius 3 is 2.87 bits per heavy atom. The van der Waals surface area contributed by atoms with Crippen LogP contribution in [0.4, 0.5) is 11.5 Å². The zero-order valence-corrected chi connectivity index (χ0v) is 13.0. The second-order valence-electron chi connectivity index (χ2n) is 5.98. The molecule has 23 heavy (non-hydrogen) atoms. The van der Waals surface area contributed by atoms with E-state index in [4.69, 9.17) is 0 Å². The summed E-state index contributed by atoms with van der Waals surface area (Å²) in [6.07, 6.45) is 1.52. The average molecular weight is 309 g/mol. The minimum absolute atomic E-state index is 0.0139. The topological polar surface area (TPSA) is 70.2 Å². The maximum Gasteiger partial charge on any atom is 0.233 e. The molecule has 0 bridgehead atoms. The standard InChI is InChI=1S/C17H19N5O/c1-11-14-15(19-10-20-16(14)21-17(11)23)12-3-2-4-13(9-12)22-7-5-18-6-8-22/h2-4,9-11,18H,5-8H2,1H3,(H,19,20,21,23). The van der Waals surface area contributed by atoms with Gasteiger partial charge in [-0.05, 0) is 19.1 Å². The van der Waals surface area contributed by atoms with Crippen LogP contribution in [0.15, 0.2) is 30.6 Å². The highest BCUT2D eigenvalue weighted by Crippen LogP contribution is 2.37. The highest BCUT2D eigenvalue weighted by Gasteiger charge is 2.31. The van der Waals surface area contributed by atoms with Crippen LogP contribution < -0.4 is 15.5 Å². The van der Waals surface area contributed by atoms with Crippen molar-refractivity contribution < 1.29 is 4.79 Å². The lowest BCUT2D eigenvalue weighted by Crippen LogP contribution is -2.43. The number of hydrogen-bond donors (Lipinski definition) is 2. The summed E-state index contributed by atoms with van der Waals surface area (Å²) in [5, 5.41) is 6.19. The highest BCUT2D eigenvalue weighted by atomic mass is 16.2. The van der Waals surface area contributed by atoms with E-state index in [0.29, 0.717) is 5.82 Å². The molecule has 1 aromatic heterocycles. The van der Waals surface area contributed by atoms with Crippen LogP contribution >= 0.6 is 0 Å². The van der Waals surface area contributed by atoms with E-state index in [1.807, 2.05) is 13.0 Å². The number of benzene rings is 1. The molecule has 6 heteroatoms. The van der Waals surface area contributed by atoms with Crippen molar-refractivity contribution in [2.45, 2.75) is 12.8 Å². The highest BCUT2D eigenvalue weighted by molar-refractivity contribution is 6.03. The summed E-state index contributed by atoms with van der Waals surface area (Å²) in [6.45, 7) is 5.91. The van der Waals surface area contributed by atoms with Gasteiger partial charge in [0.2, 0.25) is 5.91 Å². The molecule has 1 aromatic carbocycles. The van der Waals surface area contributed by atoms with Crippen LogP contribution in [0.3, 0.4) is 0 Å². The van der Waals surface area contributed by atoms with E-state index < -0.39 is 0 Å². The first-order valence-electron chi connectivity index (χ1n) is 7.96. The van der Waals surface area contributed by atoms with Gasteiger partial charge in [0.15, 0.2) is 0 Å². The van der Waals surface area contributed by atoms with Gasteiger partial charge in [0.05, 0.1) is 11.6 Å². The van der Waals surface area contributed by atoms with E-state index in [9.17, 15) is 4.79 Å². The van der Waals surface area contributed by atoms with Crippen molar-refractivity contribution >= 4 is 17.4 Å². The van der Waals surface area contributed by atoms with Crippen LogP contribution in [0.5, 0.6) is 0 Å². The van der Waals surface area contributed by atoms with Crippen LogP contribution in [-0.2, 0) is 4.79 Å². The number of fused-ring (bicyclic) bond motifs is 1. The van der Waals surface area contributed by atoms with Crippen LogP contribution in [-0.4, -0.2) is 42.1 Å². The van der Waals surface area contributed by atoms with E-state index in [0.717, 1.165) is 43.0 Å². The van der Waals surface area contributed by atoms with E-state index in [1.165, 1.54) is 12.0 Å². The summed E-state index contributed by atoms with van der Waals surface area (Å²) in [5.41, 5.74) is 3.97. The van der Waals surface area contributed by atoms with Gasteiger partial charge in [-0.1, -0.05) is 12.1 Å². The summed E-state index contributed by atoms with van der Waals surface area (Å²) in [5.74, 6) is 0.407. The van der Waals surface area contributed by atoms with Gasteiger partial charge in [-0.3, -0.25) is 4.79 Å². The van der Waals surface area contributed by atoms with Crippen molar-refractivity contribution in [2.24, 2.45) is 0 Å². The first-order chi connectivity index (χ1) is 11.2. The van der Waals surface area contributed by atoms with E-state index >= 15 is 0 Å². The molecule has 1 atom stereocenters. The molecule has 0 radical (unpaired) electrons. The van der Waals surface area contributed by atoms with Crippen molar-refractivity contribution in [3.63, 3.8) is 0 Å². The van der Waals surface area contributed by atoms with Crippen LogP contribution in [0.2, 0.25) is 0 Å². The Morgan fingerprint density at radius 2 is 2.04 bits per heavy atom. The number of nitrogens with one attached hydrogen (secondary N) is 2. The number of aromatic nitrogens is 2. The number of carbonyl (C=O) groups is 1. The molecule has 118 valence electrons. The molecule has 1 amide bonds. The van der Waals surface area contributed by atoms with Crippen LogP contribution in [0, 0.1) is 0 Å². The molecule has 0 spiro atoms. The predicted molar refractivity (Wildman–Crippen MR) is 89.6 cm³/mol. The normalized spacial score (nSPS) is 20.3. The third-order valence-electron chi connectivity index (χ3n) is 4.55. The minimum atomic E-state index is -0.218. The molecule has 1 fully saturated rings. The Morgan fingerprint density at radius 1 is 1.22 bits per heavy atom. The first-order valence-corrected chi connectivity index (χ1v) is 7.96. The van der Waals surface area contributed by atoms with Gasteiger partial charge >= 0.3 is 0 Å². The molecular formula is C17H19N5O. The third kappa shape index (κ3) is 2.45. The monoisotopic (exact) mass is 309 g/mol. The maximum atomic E-state index is 11.9. The molecule has 0 saturated carbocycles. The molecule has 4 rings (SSSR count). The quantitative estimate of drug-likeness (QED) is 0.882. The van der Waals surface area contributed by atoms with Gasteiger partial charge in [-0.25, -0.2) is 9.97 Å². The molecule has 2 aliphatic rings. The number of hydrogen-bond acceptors (Lipinski definition) is 5. The molecule has 2 aliphatic heterocycles. The van der Waals surface area contributed by atoms with E-state index in [1.54, 1.807) is 0 Å². The second-order valence-corrected chi connectivity index (χ2v) is 5.98. The summed E-state index contributed by atoms with van der Waals surface area (Å²) in [4.78, 5) is 23.0. The Bertz CT molecular complexity index is 754. The zero-order valence-electron chi connectivity index (χ0n) is 13.0. The number of rotatable bonds is 2. The molecule has 2 N–H and O–H groups in total. The van der Waals surface area contributed by atoms with Crippen LogP contribution in [0.25, 0.3) is 11.3 Å². The molecule has 2 aromatic rings. The van der Waals surface area contributed by atoms with Gasteiger partial charge in [0.1, 0.15) is 12.1 Å². The van der Waals surface area contributed by atoms with Gasteiger partial charge < -0.3 is 15.5 Å². The number of amides is 1. The number of carbonyl (C=O) groups excluding carboxylic acids is 1. The molecule has 6 nitrogen and oxygen atoms in total. The number of piperazine rings is 1. The lowest BCUT2D eigenvalue weighted by Gasteiger charge is -2.29. The summed E-state index contributed by atoms with van der Waals surface area (Å²) in [7, 11) is 0. The third-order valence-corrected chi connectivity index (χ3v) is 4.55. The largest absolute Gasteiger partial charge is 0.369 e. The zero-order chi connectivity index (χ0) is 15.8. The smallest absolute Gasteiger partial charge is 0.233 e. The van der Waals surface area contributed by atoms with Crippen LogP contribution in [0.1, 0.15) is 18.4 Å². The molecule has 1 unspecified atom stereocenters. The fourth-order valence-electron chi connectivity index (χ4n) is 3.26. The molecule has 0 aliphatic carbocycles. The first kappa shape index (κ1) is 14.1. The number of anilines is 2. The fraction of sp³-hybridized carbons (Fsp3) is 0.353. The Labute approximate surface area is 134 Å². The van der Waals surface area contributed by atoms with Crippen molar-refractivity contribution in [3.05, 3.63) is 36.2 Å².